The molecular formula is C22H21NO7. The average molecular weight is 411 g/mol. The summed E-state index contributed by atoms with van der Waals surface area (Å²) in [6.45, 7) is -0.0494. The Morgan fingerprint density at radius 1 is 0.867 bits per heavy atom. The van der Waals surface area contributed by atoms with Gasteiger partial charge in [0, 0.05) is 5.56 Å². The minimum Gasteiger partial charge on any atom is -0.466 e. The number of anilines is 1. The van der Waals surface area contributed by atoms with Crippen molar-refractivity contribution in [3.05, 3.63) is 65.4 Å². The van der Waals surface area contributed by atoms with E-state index in [1.807, 2.05) is 18.2 Å². The molecule has 0 aliphatic carbocycles. The van der Waals surface area contributed by atoms with Gasteiger partial charge in [-0.3, -0.25) is 0 Å². The molecule has 1 heterocycles. The predicted octanol–water partition coefficient (Wildman–Crippen LogP) is 2.53. The van der Waals surface area contributed by atoms with Crippen LogP contribution in [0, 0.1) is 0 Å². The molecule has 0 unspecified atom stereocenters. The molecule has 1 aliphatic rings. The highest BCUT2D eigenvalue weighted by atomic mass is 16.5. The summed E-state index contributed by atoms with van der Waals surface area (Å²) in [6, 6.07) is 14.2. The van der Waals surface area contributed by atoms with E-state index in [2.05, 4.69) is 0 Å². The fourth-order valence-corrected chi connectivity index (χ4v) is 3.22. The maximum Gasteiger partial charge on any atom is 0.355 e. The quantitative estimate of drug-likeness (QED) is 0.548. The summed E-state index contributed by atoms with van der Waals surface area (Å²) in [5.41, 5.74) is 2.54. The SMILES string of the molecule is COC(=O)C1=C(C(=O)OC)N(c2ccccc2-c2cccc(C(=O)OC)c2)COC1. The Balaban J connectivity index is 2.16. The Morgan fingerprint density at radius 2 is 1.57 bits per heavy atom. The zero-order valence-electron chi connectivity index (χ0n) is 16.8. The van der Waals surface area contributed by atoms with E-state index in [0.717, 1.165) is 11.1 Å². The standard InChI is InChI=1S/C22H21NO7/c1-27-20(24)15-8-6-7-14(11-15)16-9-4-5-10-18(16)23-13-30-12-17(21(25)28-2)19(23)22(26)29-3/h4-11H,12-13H2,1-3H3. The molecule has 0 saturated heterocycles. The number of rotatable bonds is 5. The molecule has 0 saturated carbocycles. The smallest absolute Gasteiger partial charge is 0.355 e. The van der Waals surface area contributed by atoms with Crippen molar-refractivity contribution in [1.29, 1.82) is 0 Å². The van der Waals surface area contributed by atoms with Gasteiger partial charge in [-0.05, 0) is 23.8 Å². The summed E-state index contributed by atoms with van der Waals surface area (Å²) in [5, 5.41) is 0. The van der Waals surface area contributed by atoms with Gasteiger partial charge in [0.05, 0.1) is 44.8 Å². The van der Waals surface area contributed by atoms with Crippen molar-refractivity contribution in [2.24, 2.45) is 0 Å². The van der Waals surface area contributed by atoms with E-state index >= 15 is 0 Å². The number of hydrogen-bond acceptors (Lipinski definition) is 8. The molecule has 0 atom stereocenters. The Bertz CT molecular complexity index is 1010. The molecule has 30 heavy (non-hydrogen) atoms. The highest BCUT2D eigenvalue weighted by Crippen LogP contribution is 2.35. The maximum atomic E-state index is 12.6. The second-order valence-corrected chi connectivity index (χ2v) is 6.31. The predicted molar refractivity (Wildman–Crippen MR) is 108 cm³/mol. The Morgan fingerprint density at radius 3 is 2.27 bits per heavy atom. The van der Waals surface area contributed by atoms with Crippen molar-refractivity contribution in [1.82, 2.24) is 0 Å². The minimum absolute atomic E-state index is 0.0264. The molecule has 0 aromatic heterocycles. The normalized spacial score (nSPS) is 13.6. The molecular weight excluding hydrogens is 390 g/mol. The van der Waals surface area contributed by atoms with E-state index < -0.39 is 17.9 Å². The number of hydrogen-bond donors (Lipinski definition) is 0. The van der Waals surface area contributed by atoms with Crippen molar-refractivity contribution in [3.63, 3.8) is 0 Å². The van der Waals surface area contributed by atoms with E-state index in [4.69, 9.17) is 18.9 Å². The summed E-state index contributed by atoms with van der Waals surface area (Å²) >= 11 is 0. The van der Waals surface area contributed by atoms with Gasteiger partial charge in [0.1, 0.15) is 12.4 Å². The molecule has 1 aliphatic heterocycles. The summed E-state index contributed by atoms with van der Waals surface area (Å²) in [4.78, 5) is 38.3. The van der Waals surface area contributed by atoms with Crippen LogP contribution in [0.2, 0.25) is 0 Å². The zero-order valence-corrected chi connectivity index (χ0v) is 16.8. The van der Waals surface area contributed by atoms with Gasteiger partial charge in [-0.1, -0.05) is 30.3 Å². The van der Waals surface area contributed by atoms with Crippen LogP contribution in [0.1, 0.15) is 10.4 Å². The highest BCUT2D eigenvalue weighted by Gasteiger charge is 2.33. The van der Waals surface area contributed by atoms with Crippen LogP contribution >= 0.6 is 0 Å². The number of esters is 3. The van der Waals surface area contributed by atoms with Crippen molar-refractivity contribution in [2.45, 2.75) is 0 Å². The number of benzene rings is 2. The van der Waals surface area contributed by atoms with Crippen LogP contribution < -0.4 is 4.90 Å². The fourth-order valence-electron chi connectivity index (χ4n) is 3.22. The number of nitrogens with zero attached hydrogens (tertiary/aromatic N) is 1. The van der Waals surface area contributed by atoms with Crippen LogP contribution in [-0.2, 0) is 28.5 Å². The van der Waals surface area contributed by atoms with E-state index in [0.29, 0.717) is 11.3 Å². The molecule has 0 amide bonds. The topological polar surface area (TPSA) is 91.4 Å². The lowest BCUT2D eigenvalue weighted by Gasteiger charge is -2.32. The minimum atomic E-state index is -0.684. The molecule has 3 rings (SSSR count). The molecule has 8 heteroatoms. The van der Waals surface area contributed by atoms with E-state index in [9.17, 15) is 14.4 Å². The third-order valence-electron chi connectivity index (χ3n) is 4.62. The fraction of sp³-hybridized carbons (Fsp3) is 0.227. The average Bonchev–Trinajstić information content (AvgIpc) is 2.82. The molecule has 2 aromatic carbocycles. The van der Waals surface area contributed by atoms with Crippen molar-refractivity contribution in [2.75, 3.05) is 39.6 Å². The Hall–Kier alpha value is -3.65. The number of para-hydroxylation sites is 1. The van der Waals surface area contributed by atoms with Crippen LogP contribution in [0.3, 0.4) is 0 Å². The van der Waals surface area contributed by atoms with Gasteiger partial charge in [0.25, 0.3) is 0 Å². The van der Waals surface area contributed by atoms with Gasteiger partial charge in [-0.15, -0.1) is 0 Å². The number of methoxy groups -OCH3 is 3. The lowest BCUT2D eigenvalue weighted by molar-refractivity contribution is -0.140. The second-order valence-electron chi connectivity index (χ2n) is 6.31. The molecule has 156 valence electrons. The van der Waals surface area contributed by atoms with Gasteiger partial charge < -0.3 is 23.8 Å². The third kappa shape index (κ3) is 4.04. The largest absolute Gasteiger partial charge is 0.466 e. The van der Waals surface area contributed by atoms with Crippen LogP contribution in [-0.4, -0.2) is 52.6 Å². The highest BCUT2D eigenvalue weighted by molar-refractivity contribution is 6.04. The lowest BCUT2D eigenvalue weighted by Crippen LogP contribution is -2.39. The lowest BCUT2D eigenvalue weighted by atomic mass is 10.00. The van der Waals surface area contributed by atoms with E-state index in [-0.39, 0.29) is 24.6 Å². The first-order chi connectivity index (χ1) is 14.5. The van der Waals surface area contributed by atoms with Gasteiger partial charge in [0.15, 0.2) is 0 Å². The first kappa shape index (κ1) is 21.1. The summed E-state index contributed by atoms with van der Waals surface area (Å²) < 4.78 is 20.1. The summed E-state index contributed by atoms with van der Waals surface area (Å²) in [7, 11) is 3.79. The first-order valence-electron chi connectivity index (χ1n) is 9.04. The maximum absolute atomic E-state index is 12.6. The molecule has 0 spiro atoms. The molecule has 0 bridgehead atoms. The number of carbonyl (C=O) groups is 3. The van der Waals surface area contributed by atoms with E-state index in [1.54, 1.807) is 35.2 Å². The monoisotopic (exact) mass is 411 g/mol. The molecule has 0 N–H and O–H groups in total. The van der Waals surface area contributed by atoms with Crippen molar-refractivity contribution >= 4 is 23.6 Å². The number of carbonyl (C=O) groups excluding carboxylic acids is 3. The van der Waals surface area contributed by atoms with Gasteiger partial charge in [-0.2, -0.15) is 0 Å². The van der Waals surface area contributed by atoms with E-state index in [1.165, 1.54) is 21.3 Å². The Labute approximate surface area is 173 Å². The Kier molecular flexibility index (Phi) is 6.48. The summed E-state index contributed by atoms with van der Waals surface area (Å²) in [6.07, 6.45) is 0. The van der Waals surface area contributed by atoms with Crippen LogP contribution in [0.15, 0.2) is 59.8 Å². The molecule has 8 nitrogen and oxygen atoms in total. The van der Waals surface area contributed by atoms with Crippen LogP contribution in [0.4, 0.5) is 5.69 Å². The number of ether oxygens (including phenoxy) is 4. The molecule has 2 aromatic rings. The van der Waals surface area contributed by atoms with Crippen LogP contribution in [0.5, 0.6) is 0 Å². The first-order valence-corrected chi connectivity index (χ1v) is 9.04. The molecule has 0 radical (unpaired) electrons. The molecule has 0 fully saturated rings. The van der Waals surface area contributed by atoms with Gasteiger partial charge in [0.2, 0.25) is 0 Å². The van der Waals surface area contributed by atoms with Crippen molar-refractivity contribution < 1.29 is 33.3 Å². The zero-order chi connectivity index (χ0) is 21.7. The second kappa shape index (κ2) is 9.23. The van der Waals surface area contributed by atoms with Gasteiger partial charge in [-0.25, -0.2) is 14.4 Å². The van der Waals surface area contributed by atoms with Crippen LogP contribution in [0.25, 0.3) is 11.1 Å². The summed E-state index contributed by atoms with van der Waals surface area (Å²) in [5.74, 6) is -1.82. The van der Waals surface area contributed by atoms with Crippen molar-refractivity contribution in [3.8, 4) is 11.1 Å². The third-order valence-corrected chi connectivity index (χ3v) is 4.62. The van der Waals surface area contributed by atoms with Gasteiger partial charge >= 0.3 is 17.9 Å².